The van der Waals surface area contributed by atoms with Gasteiger partial charge >= 0.3 is 6.18 Å². The molecule has 0 unspecified atom stereocenters. The van der Waals surface area contributed by atoms with Crippen molar-refractivity contribution in [3.63, 3.8) is 0 Å². The van der Waals surface area contributed by atoms with Crippen molar-refractivity contribution in [3.05, 3.63) is 65.1 Å². The van der Waals surface area contributed by atoms with Crippen LogP contribution < -0.4 is 10.1 Å². The van der Waals surface area contributed by atoms with Gasteiger partial charge in [0.25, 0.3) is 0 Å². The number of alkyl halides is 3. The molecule has 0 saturated carbocycles. The molecule has 3 rings (SSSR count). The lowest BCUT2D eigenvalue weighted by Crippen LogP contribution is -2.14. The molecule has 0 aliphatic carbocycles. The summed E-state index contributed by atoms with van der Waals surface area (Å²) in [6.07, 6.45) is -2.86. The van der Waals surface area contributed by atoms with Crippen LogP contribution in [0.5, 0.6) is 5.75 Å². The first kappa shape index (κ1) is 20.7. The number of aryl methyl sites for hydroxylation is 1. The lowest BCUT2D eigenvalue weighted by molar-refractivity contribution is -0.137. The highest BCUT2D eigenvalue weighted by Crippen LogP contribution is 2.34. The number of hydrogen-bond acceptors (Lipinski definition) is 4. The fourth-order valence-electron chi connectivity index (χ4n) is 2.57. The number of oxazole rings is 1. The standard InChI is InChI=1S/C20H16ClF3N2O3/c1-28-14-4-2-3-12(9-14)17-11-25-19(29-17)8-7-18(27)26-16-10-13(20(22,23)24)5-6-15(16)21/h2-6,9-11H,7-8H2,1H3,(H,26,27). The molecule has 1 amide bonds. The Morgan fingerprint density at radius 2 is 2.03 bits per heavy atom. The molecule has 1 N–H and O–H groups in total. The quantitative estimate of drug-likeness (QED) is 0.560. The van der Waals surface area contributed by atoms with E-state index in [0.717, 1.165) is 23.8 Å². The van der Waals surface area contributed by atoms with Crippen LogP contribution in [0.25, 0.3) is 11.3 Å². The van der Waals surface area contributed by atoms with Gasteiger partial charge in [0.15, 0.2) is 11.7 Å². The first-order chi connectivity index (χ1) is 13.8. The van der Waals surface area contributed by atoms with Crippen molar-refractivity contribution in [3.8, 4) is 17.1 Å². The number of carbonyl (C=O) groups excluding carboxylic acids is 1. The van der Waals surface area contributed by atoms with Crippen molar-refractivity contribution in [2.24, 2.45) is 0 Å². The van der Waals surface area contributed by atoms with Gasteiger partial charge in [0.05, 0.1) is 29.6 Å². The minimum absolute atomic E-state index is 0.0165. The average Bonchev–Trinajstić information content (AvgIpc) is 3.16. The van der Waals surface area contributed by atoms with E-state index in [1.165, 1.54) is 6.20 Å². The molecule has 152 valence electrons. The van der Waals surface area contributed by atoms with Crippen LogP contribution in [0.4, 0.5) is 18.9 Å². The monoisotopic (exact) mass is 424 g/mol. The molecule has 29 heavy (non-hydrogen) atoms. The summed E-state index contributed by atoms with van der Waals surface area (Å²) in [5.74, 6) is 0.999. The number of amides is 1. The van der Waals surface area contributed by atoms with E-state index in [9.17, 15) is 18.0 Å². The van der Waals surface area contributed by atoms with Gasteiger partial charge < -0.3 is 14.5 Å². The van der Waals surface area contributed by atoms with Gasteiger partial charge in [-0.2, -0.15) is 13.2 Å². The zero-order chi connectivity index (χ0) is 21.0. The molecule has 0 saturated heterocycles. The number of hydrogen-bond donors (Lipinski definition) is 1. The van der Waals surface area contributed by atoms with Crippen LogP contribution in [0.1, 0.15) is 17.9 Å². The summed E-state index contributed by atoms with van der Waals surface area (Å²) in [6.45, 7) is 0. The zero-order valence-corrected chi connectivity index (χ0v) is 16.0. The SMILES string of the molecule is COc1cccc(-c2cnc(CCC(=O)Nc3cc(C(F)(F)F)ccc3Cl)o2)c1. The van der Waals surface area contributed by atoms with Gasteiger partial charge in [-0.05, 0) is 30.3 Å². The number of ether oxygens (including phenoxy) is 1. The molecular weight excluding hydrogens is 409 g/mol. The Morgan fingerprint density at radius 3 is 2.76 bits per heavy atom. The topological polar surface area (TPSA) is 64.4 Å². The highest BCUT2D eigenvalue weighted by atomic mass is 35.5. The Labute approximate surface area is 169 Å². The van der Waals surface area contributed by atoms with Crippen molar-refractivity contribution in [2.45, 2.75) is 19.0 Å². The predicted octanol–water partition coefficient (Wildman–Crippen LogP) is 5.59. The molecule has 0 spiro atoms. The fourth-order valence-corrected chi connectivity index (χ4v) is 2.73. The average molecular weight is 425 g/mol. The number of nitrogens with zero attached hydrogens (tertiary/aromatic N) is 1. The van der Waals surface area contributed by atoms with Crippen LogP contribution in [0.15, 0.2) is 53.1 Å². The number of carbonyl (C=O) groups is 1. The Kier molecular flexibility index (Phi) is 6.12. The minimum atomic E-state index is -4.53. The number of methoxy groups -OCH3 is 1. The largest absolute Gasteiger partial charge is 0.497 e. The maximum atomic E-state index is 12.8. The fraction of sp³-hybridized carbons (Fsp3) is 0.200. The molecule has 0 radical (unpaired) electrons. The van der Waals surface area contributed by atoms with E-state index in [0.29, 0.717) is 17.4 Å². The summed E-state index contributed by atoms with van der Waals surface area (Å²) in [6, 6.07) is 9.96. The van der Waals surface area contributed by atoms with Crippen LogP contribution >= 0.6 is 11.6 Å². The second-order valence-corrected chi connectivity index (χ2v) is 6.50. The van der Waals surface area contributed by atoms with Gasteiger partial charge in [0.1, 0.15) is 5.75 Å². The summed E-state index contributed by atoms with van der Waals surface area (Å²) >= 11 is 5.88. The van der Waals surface area contributed by atoms with Crippen molar-refractivity contribution in [2.75, 3.05) is 12.4 Å². The number of rotatable bonds is 6. The second-order valence-electron chi connectivity index (χ2n) is 6.09. The predicted molar refractivity (Wildman–Crippen MR) is 102 cm³/mol. The molecule has 0 fully saturated rings. The van der Waals surface area contributed by atoms with E-state index in [1.54, 1.807) is 19.2 Å². The van der Waals surface area contributed by atoms with E-state index in [2.05, 4.69) is 10.3 Å². The summed E-state index contributed by atoms with van der Waals surface area (Å²) in [4.78, 5) is 16.3. The number of anilines is 1. The van der Waals surface area contributed by atoms with Crippen molar-refractivity contribution in [1.29, 1.82) is 0 Å². The van der Waals surface area contributed by atoms with E-state index >= 15 is 0 Å². The molecule has 2 aromatic carbocycles. The zero-order valence-electron chi connectivity index (χ0n) is 15.2. The lowest BCUT2D eigenvalue weighted by atomic mass is 10.2. The molecule has 5 nitrogen and oxygen atoms in total. The van der Waals surface area contributed by atoms with Gasteiger partial charge in [0.2, 0.25) is 5.91 Å². The summed E-state index contributed by atoms with van der Waals surface area (Å²) < 4.78 is 49.2. The molecule has 9 heteroatoms. The molecular formula is C20H16ClF3N2O3. The van der Waals surface area contributed by atoms with E-state index in [1.807, 2.05) is 12.1 Å². The summed E-state index contributed by atoms with van der Waals surface area (Å²) in [7, 11) is 1.56. The number of halogens is 4. The maximum Gasteiger partial charge on any atom is 0.416 e. The second kappa shape index (κ2) is 8.57. The Morgan fingerprint density at radius 1 is 1.24 bits per heavy atom. The van der Waals surface area contributed by atoms with Gasteiger partial charge in [-0.25, -0.2) is 4.98 Å². The maximum absolute atomic E-state index is 12.8. The smallest absolute Gasteiger partial charge is 0.416 e. The van der Waals surface area contributed by atoms with E-state index < -0.39 is 17.6 Å². The van der Waals surface area contributed by atoms with Crippen LogP contribution in [-0.4, -0.2) is 18.0 Å². The Hall–Kier alpha value is -3.00. The lowest BCUT2D eigenvalue weighted by Gasteiger charge is -2.11. The molecule has 1 heterocycles. The van der Waals surface area contributed by atoms with Crippen LogP contribution in [0.3, 0.4) is 0 Å². The van der Waals surface area contributed by atoms with Crippen LogP contribution in [0, 0.1) is 0 Å². The first-order valence-electron chi connectivity index (χ1n) is 8.52. The molecule has 0 atom stereocenters. The molecule has 1 aromatic heterocycles. The highest BCUT2D eigenvalue weighted by molar-refractivity contribution is 6.33. The third kappa shape index (κ3) is 5.29. The molecule has 3 aromatic rings. The van der Waals surface area contributed by atoms with Crippen LogP contribution in [-0.2, 0) is 17.4 Å². The molecule has 0 aliphatic rings. The molecule has 0 bridgehead atoms. The van der Waals surface area contributed by atoms with Gasteiger partial charge in [-0.15, -0.1) is 0 Å². The van der Waals surface area contributed by atoms with Crippen molar-refractivity contribution in [1.82, 2.24) is 4.98 Å². The van der Waals surface area contributed by atoms with E-state index in [-0.39, 0.29) is 23.6 Å². The van der Waals surface area contributed by atoms with Crippen LogP contribution in [0.2, 0.25) is 5.02 Å². The highest BCUT2D eigenvalue weighted by Gasteiger charge is 2.31. The van der Waals surface area contributed by atoms with Gasteiger partial charge in [-0.3, -0.25) is 4.79 Å². The summed E-state index contributed by atoms with van der Waals surface area (Å²) in [5, 5.41) is 2.41. The third-order valence-corrected chi connectivity index (χ3v) is 4.37. The third-order valence-electron chi connectivity index (χ3n) is 4.04. The van der Waals surface area contributed by atoms with Crippen molar-refractivity contribution < 1.29 is 27.1 Å². The Bertz CT molecular complexity index is 1020. The number of nitrogens with one attached hydrogen (secondary N) is 1. The first-order valence-corrected chi connectivity index (χ1v) is 8.90. The van der Waals surface area contributed by atoms with E-state index in [4.69, 9.17) is 20.8 Å². The summed E-state index contributed by atoms with van der Waals surface area (Å²) in [5.41, 5.74) is -0.230. The normalized spacial score (nSPS) is 11.3. The molecule has 0 aliphatic heterocycles. The minimum Gasteiger partial charge on any atom is -0.497 e. The number of benzene rings is 2. The van der Waals surface area contributed by atoms with Gasteiger partial charge in [-0.1, -0.05) is 23.7 Å². The number of aromatic nitrogens is 1. The van der Waals surface area contributed by atoms with Gasteiger partial charge in [0, 0.05) is 18.4 Å². The Balaban J connectivity index is 1.62. The van der Waals surface area contributed by atoms with Crippen molar-refractivity contribution >= 4 is 23.2 Å².